The van der Waals surface area contributed by atoms with Crippen LogP contribution in [0.15, 0.2) is 43.0 Å². The highest BCUT2D eigenvalue weighted by molar-refractivity contribution is 5.94. The van der Waals surface area contributed by atoms with Gasteiger partial charge in [0.05, 0.1) is 0 Å². The van der Waals surface area contributed by atoms with E-state index in [1.165, 1.54) is 5.56 Å². The number of carbonyl (C=O) groups is 1. The molecule has 2 aromatic carbocycles. The molecule has 0 fully saturated rings. The molecule has 4 heteroatoms. The molecule has 138 valence electrons. The highest BCUT2D eigenvalue weighted by Crippen LogP contribution is 2.30. The average Bonchev–Trinajstić information content (AvgIpc) is 2.62. The van der Waals surface area contributed by atoms with E-state index in [0.29, 0.717) is 12.1 Å². The predicted molar refractivity (Wildman–Crippen MR) is 112 cm³/mol. The maximum atomic E-state index is 12.2. The lowest BCUT2D eigenvalue weighted by Gasteiger charge is -2.14. The topological polar surface area (TPSA) is 44.4 Å². The number of carbonyl (C=O) groups excluding carboxylic acids is 1. The van der Waals surface area contributed by atoms with Crippen LogP contribution in [0.25, 0.3) is 17.2 Å². The Morgan fingerprint density at radius 1 is 1.19 bits per heavy atom. The zero-order chi connectivity index (χ0) is 19.1. The minimum absolute atomic E-state index is 0.0376. The lowest BCUT2D eigenvalue weighted by Crippen LogP contribution is -2.31. The van der Waals surface area contributed by atoms with Gasteiger partial charge in [0.25, 0.3) is 5.91 Å². The molecular formula is C22H29N3O. The highest BCUT2D eigenvalue weighted by Gasteiger charge is 2.09. The number of aryl methyl sites for hydroxylation is 1. The molecule has 0 saturated carbocycles. The Hall–Kier alpha value is -2.59. The molecule has 2 N–H and O–H groups in total. The second-order valence-corrected chi connectivity index (χ2v) is 6.63. The number of likely N-dealkylation sites (N-methyl/N-ethyl adjacent to an activating group) is 1. The molecule has 0 atom stereocenters. The lowest BCUT2D eigenvalue weighted by molar-refractivity contribution is 0.0951. The highest BCUT2D eigenvalue weighted by atomic mass is 16.1. The third kappa shape index (κ3) is 4.96. The van der Waals surface area contributed by atoms with Crippen molar-refractivity contribution >= 4 is 17.7 Å². The fourth-order valence-corrected chi connectivity index (χ4v) is 2.84. The molecule has 0 heterocycles. The fraction of sp³-hybridized carbons (Fsp3) is 0.318. The molecular weight excluding hydrogens is 322 g/mol. The number of hydrogen-bond donors (Lipinski definition) is 2. The first-order valence-corrected chi connectivity index (χ1v) is 9.00. The molecule has 2 rings (SSSR count). The standard InChI is InChI=1S/C22H29N3O/c1-6-17-15-20(16(3)14-21(17)23-7-2)18-8-10-19(11-9-18)22(26)24-12-13-25(4)5/h6,8-11,14-15,23H,1,7,12-13H2,2-5H3,(H,24,26). The van der Waals surface area contributed by atoms with Crippen molar-refractivity contribution in [2.75, 3.05) is 39.0 Å². The van der Waals surface area contributed by atoms with Gasteiger partial charge in [0.1, 0.15) is 0 Å². The maximum absolute atomic E-state index is 12.2. The summed E-state index contributed by atoms with van der Waals surface area (Å²) < 4.78 is 0. The van der Waals surface area contributed by atoms with E-state index in [4.69, 9.17) is 0 Å². The van der Waals surface area contributed by atoms with Crippen LogP contribution in [0.1, 0.15) is 28.4 Å². The summed E-state index contributed by atoms with van der Waals surface area (Å²) in [5.41, 5.74) is 6.30. The van der Waals surface area contributed by atoms with Crippen LogP contribution in [0.5, 0.6) is 0 Å². The number of amides is 1. The van der Waals surface area contributed by atoms with Crippen LogP contribution in [0, 0.1) is 6.92 Å². The van der Waals surface area contributed by atoms with Gasteiger partial charge in [-0.15, -0.1) is 0 Å². The summed E-state index contributed by atoms with van der Waals surface area (Å²) in [5.74, 6) is -0.0376. The smallest absolute Gasteiger partial charge is 0.251 e. The van der Waals surface area contributed by atoms with Crippen molar-refractivity contribution in [3.63, 3.8) is 0 Å². The molecule has 2 aromatic rings. The van der Waals surface area contributed by atoms with Gasteiger partial charge in [-0.25, -0.2) is 0 Å². The van der Waals surface area contributed by atoms with Crippen LogP contribution >= 0.6 is 0 Å². The molecule has 0 aliphatic carbocycles. The third-order valence-corrected chi connectivity index (χ3v) is 4.29. The maximum Gasteiger partial charge on any atom is 0.251 e. The summed E-state index contributed by atoms with van der Waals surface area (Å²) in [7, 11) is 3.98. The molecule has 0 aromatic heterocycles. The molecule has 4 nitrogen and oxygen atoms in total. The van der Waals surface area contributed by atoms with Gasteiger partial charge in [-0.05, 0) is 74.5 Å². The molecule has 0 bridgehead atoms. The van der Waals surface area contributed by atoms with E-state index < -0.39 is 0 Å². The van der Waals surface area contributed by atoms with E-state index in [-0.39, 0.29) is 5.91 Å². The minimum Gasteiger partial charge on any atom is -0.385 e. The summed E-state index contributed by atoms with van der Waals surface area (Å²) >= 11 is 0. The Labute approximate surface area is 156 Å². The number of hydrogen-bond acceptors (Lipinski definition) is 3. The Balaban J connectivity index is 2.20. The van der Waals surface area contributed by atoms with Gasteiger partial charge in [-0.3, -0.25) is 4.79 Å². The van der Waals surface area contributed by atoms with E-state index in [1.807, 2.05) is 49.3 Å². The van der Waals surface area contributed by atoms with Gasteiger partial charge in [-0.2, -0.15) is 0 Å². The van der Waals surface area contributed by atoms with Gasteiger partial charge in [0, 0.05) is 30.9 Å². The average molecular weight is 351 g/mol. The number of rotatable bonds is 8. The Morgan fingerprint density at radius 2 is 1.88 bits per heavy atom. The first-order valence-electron chi connectivity index (χ1n) is 9.00. The van der Waals surface area contributed by atoms with E-state index in [1.54, 1.807) is 0 Å². The van der Waals surface area contributed by atoms with Crippen LogP contribution in [-0.4, -0.2) is 44.5 Å². The van der Waals surface area contributed by atoms with Crippen LogP contribution in [0.2, 0.25) is 0 Å². The molecule has 0 aliphatic heterocycles. The summed E-state index contributed by atoms with van der Waals surface area (Å²) in [5, 5.41) is 6.31. The molecule has 0 saturated heterocycles. The number of anilines is 1. The van der Waals surface area contributed by atoms with Crippen molar-refractivity contribution in [3.05, 3.63) is 59.7 Å². The minimum atomic E-state index is -0.0376. The van der Waals surface area contributed by atoms with Gasteiger partial charge in [0.2, 0.25) is 0 Å². The van der Waals surface area contributed by atoms with Crippen LogP contribution in [-0.2, 0) is 0 Å². The van der Waals surface area contributed by atoms with E-state index in [0.717, 1.165) is 35.5 Å². The molecule has 0 spiro atoms. The van der Waals surface area contributed by atoms with Crippen molar-refractivity contribution in [2.24, 2.45) is 0 Å². The zero-order valence-electron chi connectivity index (χ0n) is 16.2. The zero-order valence-corrected chi connectivity index (χ0v) is 16.2. The van der Waals surface area contributed by atoms with Crippen molar-refractivity contribution < 1.29 is 4.79 Å². The molecule has 26 heavy (non-hydrogen) atoms. The second kappa shape index (κ2) is 9.20. The van der Waals surface area contributed by atoms with Crippen LogP contribution < -0.4 is 10.6 Å². The monoisotopic (exact) mass is 351 g/mol. The van der Waals surface area contributed by atoms with Crippen molar-refractivity contribution in [1.29, 1.82) is 0 Å². The summed E-state index contributed by atoms with van der Waals surface area (Å²) in [6, 6.07) is 12.1. The van der Waals surface area contributed by atoms with Gasteiger partial charge >= 0.3 is 0 Å². The fourth-order valence-electron chi connectivity index (χ4n) is 2.84. The lowest BCUT2D eigenvalue weighted by atomic mass is 9.96. The largest absolute Gasteiger partial charge is 0.385 e. The summed E-state index contributed by atoms with van der Waals surface area (Å²) in [4.78, 5) is 14.2. The Morgan fingerprint density at radius 3 is 2.46 bits per heavy atom. The predicted octanol–water partition coefficient (Wildman–Crippen LogP) is 4.03. The van der Waals surface area contributed by atoms with Gasteiger partial charge in [0.15, 0.2) is 0 Å². The normalized spacial score (nSPS) is 10.7. The number of benzene rings is 2. The van der Waals surface area contributed by atoms with Crippen LogP contribution in [0.4, 0.5) is 5.69 Å². The van der Waals surface area contributed by atoms with Gasteiger partial charge in [-0.1, -0.05) is 24.8 Å². The van der Waals surface area contributed by atoms with Crippen molar-refractivity contribution in [2.45, 2.75) is 13.8 Å². The van der Waals surface area contributed by atoms with Crippen molar-refractivity contribution in [3.8, 4) is 11.1 Å². The molecule has 0 radical (unpaired) electrons. The van der Waals surface area contributed by atoms with E-state index >= 15 is 0 Å². The first-order chi connectivity index (χ1) is 12.5. The third-order valence-electron chi connectivity index (χ3n) is 4.29. The SMILES string of the molecule is C=Cc1cc(-c2ccc(C(=O)NCCN(C)C)cc2)c(C)cc1NCC. The van der Waals surface area contributed by atoms with Crippen LogP contribution in [0.3, 0.4) is 0 Å². The molecule has 0 aliphatic rings. The Bertz CT molecular complexity index is 764. The second-order valence-electron chi connectivity index (χ2n) is 6.63. The van der Waals surface area contributed by atoms with E-state index in [9.17, 15) is 4.79 Å². The van der Waals surface area contributed by atoms with Gasteiger partial charge < -0.3 is 15.5 Å². The first kappa shape index (κ1) is 19.7. The molecule has 1 amide bonds. The quantitative estimate of drug-likeness (QED) is 0.755. The number of nitrogens with one attached hydrogen (secondary N) is 2. The van der Waals surface area contributed by atoms with E-state index in [2.05, 4.69) is 43.2 Å². The summed E-state index contributed by atoms with van der Waals surface area (Å²) in [6.07, 6.45) is 1.87. The van der Waals surface area contributed by atoms with Crippen molar-refractivity contribution in [1.82, 2.24) is 10.2 Å². The Kier molecular flexibility index (Phi) is 6.98. The molecule has 0 unspecified atom stereocenters. The number of nitrogens with zero attached hydrogens (tertiary/aromatic N) is 1. The summed E-state index contributed by atoms with van der Waals surface area (Å²) in [6.45, 7) is 10.4.